The van der Waals surface area contributed by atoms with Gasteiger partial charge in [-0.3, -0.25) is 0 Å². The first-order chi connectivity index (χ1) is 9.65. The van der Waals surface area contributed by atoms with Crippen LogP contribution in [0.15, 0.2) is 24.3 Å². The summed E-state index contributed by atoms with van der Waals surface area (Å²) in [4.78, 5) is 0.540. The lowest BCUT2D eigenvalue weighted by Gasteiger charge is -2.19. The highest BCUT2D eigenvalue weighted by atomic mass is 79.9. The number of rotatable bonds is 5. The van der Waals surface area contributed by atoms with Crippen LogP contribution in [0.3, 0.4) is 0 Å². The van der Waals surface area contributed by atoms with Crippen LogP contribution in [0.2, 0.25) is 0 Å². The first kappa shape index (κ1) is 16.1. The molecule has 0 aromatic heterocycles. The molecule has 1 heteroatoms. The molecule has 1 unspecified atom stereocenters. The van der Waals surface area contributed by atoms with Crippen molar-refractivity contribution in [3.05, 3.63) is 35.4 Å². The average Bonchev–Trinajstić information content (AvgIpc) is 2.67. The van der Waals surface area contributed by atoms with Crippen molar-refractivity contribution in [1.29, 1.82) is 0 Å². The van der Waals surface area contributed by atoms with E-state index in [9.17, 15) is 0 Å². The van der Waals surface area contributed by atoms with Crippen LogP contribution in [0.25, 0.3) is 0 Å². The lowest BCUT2D eigenvalue weighted by atomic mass is 9.92. The van der Waals surface area contributed by atoms with Crippen molar-refractivity contribution in [2.24, 2.45) is 11.8 Å². The predicted octanol–water partition coefficient (Wildman–Crippen LogP) is 6.68. The van der Waals surface area contributed by atoms with E-state index in [1.165, 1.54) is 62.5 Å². The highest BCUT2D eigenvalue weighted by Crippen LogP contribution is 2.35. The van der Waals surface area contributed by atoms with Gasteiger partial charge in [0.25, 0.3) is 0 Å². The standard InChI is InChI=1S/C19H29Br/c1-15(2)13-17-9-11-18(12-10-17)19(20)14-16-7-5-3-4-6-8-16/h9-12,15-16,19H,3-8,13-14H2,1-2H3. The molecule has 20 heavy (non-hydrogen) atoms. The summed E-state index contributed by atoms with van der Waals surface area (Å²) in [6.07, 6.45) is 11.2. The molecule has 1 fully saturated rings. The van der Waals surface area contributed by atoms with Crippen LogP contribution in [0, 0.1) is 11.8 Å². The third kappa shape index (κ3) is 5.24. The number of hydrogen-bond donors (Lipinski definition) is 0. The number of alkyl halides is 1. The van der Waals surface area contributed by atoms with E-state index in [0.29, 0.717) is 4.83 Å². The third-order valence-electron chi connectivity index (χ3n) is 4.50. The smallest absolute Gasteiger partial charge is 0.0397 e. The fourth-order valence-electron chi connectivity index (χ4n) is 3.36. The van der Waals surface area contributed by atoms with E-state index in [0.717, 1.165) is 11.8 Å². The van der Waals surface area contributed by atoms with Crippen molar-refractivity contribution in [3.63, 3.8) is 0 Å². The van der Waals surface area contributed by atoms with Crippen molar-refractivity contribution in [3.8, 4) is 0 Å². The van der Waals surface area contributed by atoms with Gasteiger partial charge < -0.3 is 0 Å². The maximum atomic E-state index is 3.92. The maximum absolute atomic E-state index is 3.92. The molecular weight excluding hydrogens is 308 g/mol. The molecule has 1 saturated carbocycles. The third-order valence-corrected chi connectivity index (χ3v) is 5.40. The van der Waals surface area contributed by atoms with Gasteiger partial charge in [0.05, 0.1) is 0 Å². The Kier molecular flexibility index (Phi) is 6.61. The second kappa shape index (κ2) is 8.22. The van der Waals surface area contributed by atoms with Crippen molar-refractivity contribution < 1.29 is 0 Å². The molecule has 0 aliphatic heterocycles. The first-order valence-electron chi connectivity index (χ1n) is 8.38. The molecule has 0 spiro atoms. The summed E-state index contributed by atoms with van der Waals surface area (Å²) in [5.74, 6) is 1.67. The molecule has 0 radical (unpaired) electrons. The first-order valence-corrected chi connectivity index (χ1v) is 9.29. The second-order valence-electron chi connectivity index (χ2n) is 6.90. The van der Waals surface area contributed by atoms with Crippen molar-refractivity contribution in [1.82, 2.24) is 0 Å². The molecule has 1 aromatic rings. The van der Waals surface area contributed by atoms with Gasteiger partial charge in [0.2, 0.25) is 0 Å². The summed E-state index contributed by atoms with van der Waals surface area (Å²) in [6.45, 7) is 4.57. The van der Waals surface area contributed by atoms with E-state index in [1.54, 1.807) is 0 Å². The Morgan fingerprint density at radius 1 is 1.00 bits per heavy atom. The molecule has 0 amide bonds. The Labute approximate surface area is 133 Å². The molecule has 1 atom stereocenters. The zero-order chi connectivity index (χ0) is 14.4. The van der Waals surface area contributed by atoms with E-state index in [-0.39, 0.29) is 0 Å². The van der Waals surface area contributed by atoms with E-state index in [2.05, 4.69) is 54.0 Å². The Balaban J connectivity index is 1.89. The largest absolute Gasteiger partial charge is 0.0839 e. The molecule has 2 rings (SSSR count). The Morgan fingerprint density at radius 3 is 2.15 bits per heavy atom. The summed E-state index contributed by atoms with van der Waals surface area (Å²) in [5, 5.41) is 0. The van der Waals surface area contributed by atoms with Gasteiger partial charge in [-0.2, -0.15) is 0 Å². The van der Waals surface area contributed by atoms with Crippen LogP contribution in [0.1, 0.15) is 74.7 Å². The van der Waals surface area contributed by atoms with Gasteiger partial charge in [-0.05, 0) is 35.8 Å². The summed E-state index contributed by atoms with van der Waals surface area (Å²) >= 11 is 3.92. The summed E-state index contributed by atoms with van der Waals surface area (Å²) in [5.41, 5.74) is 2.93. The second-order valence-corrected chi connectivity index (χ2v) is 8.01. The van der Waals surface area contributed by atoms with Crippen LogP contribution in [-0.4, -0.2) is 0 Å². The van der Waals surface area contributed by atoms with Gasteiger partial charge in [0, 0.05) is 4.83 Å². The summed E-state index contributed by atoms with van der Waals surface area (Å²) in [6, 6.07) is 9.29. The van der Waals surface area contributed by atoms with Gasteiger partial charge in [-0.1, -0.05) is 92.6 Å². The van der Waals surface area contributed by atoms with E-state index in [1.807, 2.05) is 0 Å². The summed E-state index contributed by atoms with van der Waals surface area (Å²) in [7, 11) is 0. The Hall–Kier alpha value is -0.300. The lowest BCUT2D eigenvalue weighted by molar-refractivity contribution is 0.427. The molecule has 1 aliphatic rings. The minimum Gasteiger partial charge on any atom is -0.0839 e. The quantitative estimate of drug-likeness (QED) is 0.415. The van der Waals surface area contributed by atoms with Crippen LogP contribution in [0.4, 0.5) is 0 Å². The van der Waals surface area contributed by atoms with Crippen molar-refractivity contribution >= 4 is 15.9 Å². The maximum Gasteiger partial charge on any atom is 0.0397 e. The molecule has 0 nitrogen and oxygen atoms in total. The number of halogens is 1. The van der Waals surface area contributed by atoms with Crippen molar-refractivity contribution in [2.75, 3.05) is 0 Å². The van der Waals surface area contributed by atoms with Crippen LogP contribution < -0.4 is 0 Å². The predicted molar refractivity (Wildman–Crippen MR) is 92.5 cm³/mol. The van der Waals surface area contributed by atoms with Crippen LogP contribution in [-0.2, 0) is 6.42 Å². The highest BCUT2D eigenvalue weighted by molar-refractivity contribution is 9.09. The van der Waals surface area contributed by atoms with Gasteiger partial charge in [0.1, 0.15) is 0 Å². The van der Waals surface area contributed by atoms with Gasteiger partial charge in [-0.25, -0.2) is 0 Å². The molecule has 1 aromatic carbocycles. The van der Waals surface area contributed by atoms with E-state index < -0.39 is 0 Å². The molecule has 0 bridgehead atoms. The average molecular weight is 337 g/mol. The monoisotopic (exact) mass is 336 g/mol. The van der Waals surface area contributed by atoms with Crippen molar-refractivity contribution in [2.45, 2.75) is 70.0 Å². The Bertz CT molecular complexity index is 371. The van der Waals surface area contributed by atoms with E-state index >= 15 is 0 Å². The summed E-state index contributed by atoms with van der Waals surface area (Å²) < 4.78 is 0. The highest BCUT2D eigenvalue weighted by Gasteiger charge is 2.17. The minimum absolute atomic E-state index is 0.540. The molecule has 0 saturated heterocycles. The number of hydrogen-bond acceptors (Lipinski definition) is 0. The minimum atomic E-state index is 0.540. The fraction of sp³-hybridized carbons (Fsp3) is 0.684. The Morgan fingerprint density at radius 2 is 1.60 bits per heavy atom. The van der Waals surface area contributed by atoms with E-state index in [4.69, 9.17) is 0 Å². The van der Waals surface area contributed by atoms with Gasteiger partial charge in [0.15, 0.2) is 0 Å². The number of benzene rings is 1. The fourth-order valence-corrected chi connectivity index (χ4v) is 4.20. The van der Waals surface area contributed by atoms with Gasteiger partial charge >= 0.3 is 0 Å². The lowest BCUT2D eigenvalue weighted by Crippen LogP contribution is -2.03. The van der Waals surface area contributed by atoms with Gasteiger partial charge in [-0.15, -0.1) is 0 Å². The molecular formula is C19H29Br. The van der Waals surface area contributed by atoms with Crippen LogP contribution in [0.5, 0.6) is 0 Å². The zero-order valence-electron chi connectivity index (χ0n) is 13.1. The molecule has 0 N–H and O–H groups in total. The normalized spacial score (nSPS) is 19.0. The molecule has 0 heterocycles. The van der Waals surface area contributed by atoms with Crippen LogP contribution >= 0.6 is 15.9 Å². The molecule has 1 aliphatic carbocycles. The SMILES string of the molecule is CC(C)Cc1ccc(C(Br)CC2CCCCCC2)cc1. The topological polar surface area (TPSA) is 0 Å². The zero-order valence-corrected chi connectivity index (χ0v) is 14.7. The molecule has 112 valence electrons.